The number of hydrogen-bond acceptors (Lipinski definition) is 5. The van der Waals surface area contributed by atoms with Gasteiger partial charge in [-0.15, -0.1) is 12.4 Å². The van der Waals surface area contributed by atoms with E-state index in [1.807, 2.05) is 12.1 Å². The van der Waals surface area contributed by atoms with Gasteiger partial charge in [-0.25, -0.2) is 8.42 Å². The summed E-state index contributed by atoms with van der Waals surface area (Å²) in [5.74, 6) is -0.456. The highest BCUT2D eigenvalue weighted by Gasteiger charge is 2.48. The molecule has 1 fully saturated rings. The summed E-state index contributed by atoms with van der Waals surface area (Å²) in [7, 11) is -1.98. The first-order chi connectivity index (χ1) is 11.3. The fourth-order valence-corrected chi connectivity index (χ4v) is 4.44. The van der Waals surface area contributed by atoms with Crippen molar-refractivity contribution in [2.45, 2.75) is 23.7 Å². The van der Waals surface area contributed by atoms with Crippen LogP contribution in [0.15, 0.2) is 24.3 Å². The Hall–Kier alpha value is -0.860. The van der Waals surface area contributed by atoms with Crippen LogP contribution in [0.3, 0.4) is 0 Å². The molecule has 0 radical (unpaired) electrons. The zero-order chi connectivity index (χ0) is 17.8. The van der Waals surface area contributed by atoms with Gasteiger partial charge in [0.2, 0.25) is 5.91 Å². The molecule has 1 saturated heterocycles. The second-order valence-electron chi connectivity index (χ2n) is 6.00. The van der Waals surface area contributed by atoms with Crippen LogP contribution < -0.4 is 10.6 Å². The van der Waals surface area contributed by atoms with Crippen molar-refractivity contribution < 1.29 is 17.9 Å². The van der Waals surface area contributed by atoms with E-state index in [2.05, 4.69) is 10.6 Å². The van der Waals surface area contributed by atoms with Crippen LogP contribution in [0.25, 0.3) is 0 Å². The number of amides is 1. The van der Waals surface area contributed by atoms with Crippen molar-refractivity contribution in [2.24, 2.45) is 0 Å². The van der Waals surface area contributed by atoms with Gasteiger partial charge in [0.1, 0.15) is 0 Å². The third-order valence-corrected chi connectivity index (χ3v) is 6.77. The third-order valence-electron chi connectivity index (χ3n) is 4.51. The number of piperidine rings is 1. The molecule has 0 spiro atoms. The zero-order valence-corrected chi connectivity index (χ0v) is 16.6. The number of halogens is 2. The molecular formula is C16H24Cl2N2O4S. The van der Waals surface area contributed by atoms with E-state index in [0.717, 1.165) is 11.8 Å². The minimum Gasteiger partial charge on any atom is -0.375 e. The molecule has 1 aromatic rings. The summed E-state index contributed by atoms with van der Waals surface area (Å²) in [4.78, 5) is 12.7. The number of carbonyl (C=O) groups is 1. The van der Waals surface area contributed by atoms with Gasteiger partial charge in [0.25, 0.3) is 0 Å². The summed E-state index contributed by atoms with van der Waals surface area (Å²) in [6.45, 7) is 1.21. The van der Waals surface area contributed by atoms with Crippen LogP contribution in [0.4, 0.5) is 0 Å². The fraction of sp³-hybridized carbons (Fsp3) is 0.562. The van der Waals surface area contributed by atoms with Crippen LogP contribution in [-0.2, 0) is 19.4 Å². The highest BCUT2D eigenvalue weighted by atomic mass is 35.5. The zero-order valence-electron chi connectivity index (χ0n) is 14.2. The number of ether oxygens (including phenoxy) is 1. The predicted molar refractivity (Wildman–Crippen MR) is 101 cm³/mol. The third kappa shape index (κ3) is 5.08. The molecule has 2 N–H and O–H groups in total. The van der Waals surface area contributed by atoms with Crippen molar-refractivity contribution in [1.29, 1.82) is 0 Å². The van der Waals surface area contributed by atoms with E-state index >= 15 is 0 Å². The van der Waals surface area contributed by atoms with Crippen molar-refractivity contribution in [3.8, 4) is 0 Å². The molecule has 9 heteroatoms. The molecule has 1 aliphatic rings. The Kier molecular flexibility index (Phi) is 8.15. The maximum atomic E-state index is 12.7. The Morgan fingerprint density at radius 1 is 1.32 bits per heavy atom. The minimum absolute atomic E-state index is 0. The van der Waals surface area contributed by atoms with Crippen LogP contribution in [-0.4, -0.2) is 52.1 Å². The maximum Gasteiger partial charge on any atom is 0.241 e. The lowest BCUT2D eigenvalue weighted by Crippen LogP contribution is -2.57. The molecule has 0 bridgehead atoms. The van der Waals surface area contributed by atoms with Gasteiger partial charge < -0.3 is 15.4 Å². The van der Waals surface area contributed by atoms with Gasteiger partial charge in [0.15, 0.2) is 14.6 Å². The number of hydrogen-bond donors (Lipinski definition) is 2. The molecule has 1 heterocycles. The number of methoxy groups -OCH3 is 1. The van der Waals surface area contributed by atoms with E-state index in [1.165, 1.54) is 0 Å². The van der Waals surface area contributed by atoms with Gasteiger partial charge in [-0.05, 0) is 43.6 Å². The summed E-state index contributed by atoms with van der Waals surface area (Å²) >= 11 is 5.87. The van der Waals surface area contributed by atoms with E-state index in [-0.39, 0.29) is 37.9 Å². The van der Waals surface area contributed by atoms with E-state index in [9.17, 15) is 13.2 Å². The minimum atomic E-state index is -3.52. The average Bonchev–Trinajstić information content (AvgIpc) is 2.56. The number of rotatable bonds is 6. The van der Waals surface area contributed by atoms with E-state index < -0.39 is 20.5 Å². The molecule has 1 aromatic carbocycles. The molecule has 1 unspecified atom stereocenters. The first kappa shape index (κ1) is 22.2. The van der Waals surface area contributed by atoms with Crippen LogP contribution in [0, 0.1) is 0 Å². The van der Waals surface area contributed by atoms with Crippen LogP contribution in [0.5, 0.6) is 0 Å². The van der Waals surface area contributed by atoms with Gasteiger partial charge in [0, 0.05) is 24.9 Å². The molecule has 6 nitrogen and oxygen atoms in total. The number of benzene rings is 1. The number of sulfone groups is 1. The molecule has 0 aromatic heterocycles. The normalized spacial score (nSPS) is 18.0. The molecule has 0 aliphatic carbocycles. The molecule has 25 heavy (non-hydrogen) atoms. The van der Waals surface area contributed by atoms with Crippen molar-refractivity contribution in [3.63, 3.8) is 0 Å². The quantitative estimate of drug-likeness (QED) is 0.745. The molecule has 142 valence electrons. The molecular weight excluding hydrogens is 387 g/mol. The lowest BCUT2D eigenvalue weighted by Gasteiger charge is -2.34. The first-order valence-corrected chi connectivity index (χ1v) is 10.0. The summed E-state index contributed by atoms with van der Waals surface area (Å²) in [5, 5.41) is 6.47. The predicted octanol–water partition coefficient (Wildman–Crippen LogP) is 1.73. The van der Waals surface area contributed by atoms with Crippen molar-refractivity contribution >= 4 is 39.8 Å². The Morgan fingerprint density at radius 2 is 1.88 bits per heavy atom. The average molecular weight is 411 g/mol. The highest BCUT2D eigenvalue weighted by Crippen LogP contribution is 2.28. The van der Waals surface area contributed by atoms with Crippen LogP contribution >= 0.6 is 24.0 Å². The molecule has 2 rings (SSSR count). The van der Waals surface area contributed by atoms with Gasteiger partial charge in [-0.2, -0.15) is 0 Å². The topological polar surface area (TPSA) is 84.5 Å². The Morgan fingerprint density at radius 3 is 2.36 bits per heavy atom. The summed E-state index contributed by atoms with van der Waals surface area (Å²) < 4.78 is 28.5. The Labute approximate surface area is 160 Å². The Balaban J connectivity index is 0.00000312. The maximum absolute atomic E-state index is 12.7. The van der Waals surface area contributed by atoms with Gasteiger partial charge in [-0.1, -0.05) is 23.7 Å². The summed E-state index contributed by atoms with van der Waals surface area (Å²) in [6.07, 6.45) is 1.31. The lowest BCUT2D eigenvalue weighted by molar-refractivity contribution is -0.124. The van der Waals surface area contributed by atoms with Crippen LogP contribution in [0.1, 0.15) is 24.5 Å². The van der Waals surface area contributed by atoms with Crippen molar-refractivity contribution in [3.05, 3.63) is 34.9 Å². The number of nitrogens with one attached hydrogen (secondary N) is 2. The monoisotopic (exact) mass is 410 g/mol. The van der Waals surface area contributed by atoms with E-state index in [4.69, 9.17) is 16.3 Å². The van der Waals surface area contributed by atoms with Crippen molar-refractivity contribution in [1.82, 2.24) is 10.6 Å². The lowest BCUT2D eigenvalue weighted by atomic mass is 9.95. The first-order valence-electron chi connectivity index (χ1n) is 7.77. The van der Waals surface area contributed by atoms with Crippen molar-refractivity contribution in [2.75, 3.05) is 33.0 Å². The second kappa shape index (κ2) is 9.19. The molecule has 1 atom stereocenters. The molecule has 1 amide bonds. The van der Waals surface area contributed by atoms with Gasteiger partial charge in [-0.3, -0.25) is 4.79 Å². The second-order valence-corrected chi connectivity index (χ2v) is 8.76. The SMILES string of the molecule is COC(CNC(=O)C1(S(C)(=O)=O)CCNCC1)c1ccc(Cl)cc1.Cl. The van der Waals surface area contributed by atoms with Crippen LogP contribution in [0.2, 0.25) is 5.02 Å². The molecule has 1 aliphatic heterocycles. The standard InChI is InChI=1S/C16H23ClN2O4S.ClH/c1-23-14(12-3-5-13(17)6-4-12)11-19-15(20)16(24(2,21)22)7-9-18-10-8-16;/h3-6,14,18H,7-11H2,1-2H3,(H,19,20);1H. The molecule has 0 saturated carbocycles. The number of carbonyl (C=O) groups excluding carboxylic acids is 1. The van der Waals surface area contributed by atoms with Gasteiger partial charge >= 0.3 is 0 Å². The highest BCUT2D eigenvalue weighted by molar-refractivity contribution is 7.92. The summed E-state index contributed by atoms with van der Waals surface area (Å²) in [5.41, 5.74) is 0.862. The fourth-order valence-electron chi connectivity index (χ4n) is 2.96. The smallest absolute Gasteiger partial charge is 0.241 e. The van der Waals surface area contributed by atoms with Gasteiger partial charge in [0.05, 0.1) is 6.10 Å². The van der Waals surface area contributed by atoms with E-state index in [0.29, 0.717) is 18.1 Å². The largest absolute Gasteiger partial charge is 0.375 e. The van der Waals surface area contributed by atoms with E-state index in [1.54, 1.807) is 19.2 Å². The Bertz CT molecular complexity index is 674. The summed E-state index contributed by atoms with van der Waals surface area (Å²) in [6, 6.07) is 7.13.